The number of fused-ring (bicyclic) bond motifs is 1. The van der Waals surface area contributed by atoms with E-state index in [4.69, 9.17) is 16.3 Å². The van der Waals surface area contributed by atoms with Crippen LogP contribution in [-0.4, -0.2) is 29.0 Å². The Morgan fingerprint density at radius 1 is 1.39 bits per heavy atom. The molecule has 8 heteroatoms. The van der Waals surface area contributed by atoms with Crippen LogP contribution in [0.3, 0.4) is 0 Å². The van der Waals surface area contributed by atoms with Crippen molar-refractivity contribution in [1.29, 1.82) is 0 Å². The van der Waals surface area contributed by atoms with Gasteiger partial charge in [0.15, 0.2) is 11.0 Å². The Hall–Kier alpha value is -2.54. The van der Waals surface area contributed by atoms with Crippen LogP contribution in [0.4, 0.5) is 10.1 Å². The fraction of sp³-hybridized carbons (Fsp3) is 0.200. The molecule has 6 nitrogen and oxygen atoms in total. The van der Waals surface area contributed by atoms with Gasteiger partial charge in [-0.3, -0.25) is 9.59 Å². The Kier molecular flexibility index (Phi) is 5.23. The number of amides is 1. The Morgan fingerprint density at radius 2 is 2.13 bits per heavy atom. The van der Waals surface area contributed by atoms with E-state index in [0.717, 1.165) is 0 Å². The average Bonchev–Trinajstić information content (AvgIpc) is 2.50. The van der Waals surface area contributed by atoms with Crippen LogP contribution in [-0.2, 0) is 9.59 Å². The third kappa shape index (κ3) is 4.01. The number of Topliss-reactive ketones (excluding diaryl/α,β-unsaturated/α-hetero) is 1. The van der Waals surface area contributed by atoms with Crippen LogP contribution in [0.2, 0.25) is 5.15 Å². The van der Waals surface area contributed by atoms with Crippen LogP contribution in [0, 0.1) is 5.82 Å². The lowest BCUT2D eigenvalue weighted by molar-refractivity contribution is -0.116. The monoisotopic (exact) mass is 337 g/mol. The molecule has 23 heavy (non-hydrogen) atoms. The van der Waals surface area contributed by atoms with Crippen LogP contribution < -0.4 is 10.1 Å². The highest BCUT2D eigenvalue weighted by molar-refractivity contribution is 6.30. The van der Waals surface area contributed by atoms with E-state index in [9.17, 15) is 14.0 Å². The van der Waals surface area contributed by atoms with Gasteiger partial charge in [-0.25, -0.2) is 4.39 Å². The summed E-state index contributed by atoms with van der Waals surface area (Å²) in [7, 11) is 1.40. The Balaban J connectivity index is 2.35. The first-order valence-corrected chi connectivity index (χ1v) is 6.96. The van der Waals surface area contributed by atoms with Gasteiger partial charge in [-0.15, -0.1) is 10.2 Å². The minimum Gasteiger partial charge on any atom is -0.494 e. The van der Waals surface area contributed by atoms with Crippen molar-refractivity contribution in [2.75, 3.05) is 12.4 Å². The number of halogens is 2. The first-order valence-electron chi connectivity index (χ1n) is 6.58. The molecule has 1 N–H and O–H groups in total. The van der Waals surface area contributed by atoms with Crippen LogP contribution in [0.25, 0.3) is 10.9 Å². The van der Waals surface area contributed by atoms with Crippen LogP contribution in [0.1, 0.15) is 13.3 Å². The van der Waals surface area contributed by atoms with Gasteiger partial charge in [0, 0.05) is 17.9 Å². The number of ether oxygens (including phenoxy) is 1. The lowest BCUT2D eigenvalue weighted by Crippen LogP contribution is -2.09. The summed E-state index contributed by atoms with van der Waals surface area (Å²) in [6.45, 7) is 1.42. The maximum atomic E-state index is 14.0. The van der Waals surface area contributed by atoms with E-state index in [0.29, 0.717) is 5.75 Å². The van der Waals surface area contributed by atoms with Gasteiger partial charge in [0.05, 0.1) is 18.3 Å². The molecular formula is C15H13ClFN3O3. The first kappa shape index (κ1) is 16.8. The molecule has 1 aromatic heterocycles. The normalized spacial score (nSPS) is 11.0. The largest absolute Gasteiger partial charge is 0.494 e. The molecule has 2 rings (SSSR count). The van der Waals surface area contributed by atoms with E-state index in [1.54, 1.807) is 0 Å². The van der Waals surface area contributed by atoms with Crippen molar-refractivity contribution in [1.82, 2.24) is 10.2 Å². The maximum Gasteiger partial charge on any atom is 0.248 e. The lowest BCUT2D eigenvalue weighted by atomic mass is 10.2. The van der Waals surface area contributed by atoms with E-state index in [1.807, 2.05) is 0 Å². The molecule has 1 aromatic carbocycles. The summed E-state index contributed by atoms with van der Waals surface area (Å²) in [4.78, 5) is 22.7. The fourth-order valence-electron chi connectivity index (χ4n) is 1.85. The third-order valence-electron chi connectivity index (χ3n) is 2.91. The number of anilines is 1. The molecule has 2 aromatic rings. The Bertz CT molecular complexity index is 808. The number of hydrogen-bond donors (Lipinski definition) is 1. The van der Waals surface area contributed by atoms with Gasteiger partial charge in [0.2, 0.25) is 5.91 Å². The van der Waals surface area contributed by atoms with Gasteiger partial charge in [-0.05, 0) is 19.1 Å². The van der Waals surface area contributed by atoms with Crippen molar-refractivity contribution >= 4 is 39.9 Å². The molecule has 0 atom stereocenters. The number of carbonyl (C=O) groups excluding carboxylic acids is 2. The van der Waals surface area contributed by atoms with Crippen LogP contribution >= 0.6 is 11.6 Å². The molecule has 1 amide bonds. The number of carbonyl (C=O) groups is 2. The molecule has 0 saturated heterocycles. The van der Waals surface area contributed by atoms with Crippen molar-refractivity contribution < 1.29 is 18.7 Å². The summed E-state index contributed by atoms with van der Waals surface area (Å²) in [5.41, 5.74) is 0.495. The lowest BCUT2D eigenvalue weighted by Gasteiger charge is -2.10. The van der Waals surface area contributed by atoms with Crippen LogP contribution in [0.15, 0.2) is 24.3 Å². The number of allylic oxidation sites excluding steroid dienone is 1. The van der Waals surface area contributed by atoms with Gasteiger partial charge >= 0.3 is 0 Å². The summed E-state index contributed by atoms with van der Waals surface area (Å²) in [6.07, 6.45) is 2.81. The van der Waals surface area contributed by atoms with Gasteiger partial charge in [-0.1, -0.05) is 17.7 Å². The van der Waals surface area contributed by atoms with E-state index in [1.165, 1.54) is 38.3 Å². The highest BCUT2D eigenvalue weighted by atomic mass is 35.5. The molecule has 0 bridgehead atoms. The van der Waals surface area contributed by atoms with Crippen molar-refractivity contribution in [2.45, 2.75) is 13.3 Å². The van der Waals surface area contributed by atoms with E-state index >= 15 is 0 Å². The minimum atomic E-state index is -0.734. The number of hydrogen-bond acceptors (Lipinski definition) is 5. The summed E-state index contributed by atoms with van der Waals surface area (Å²) in [5.74, 6) is -0.978. The van der Waals surface area contributed by atoms with Crippen molar-refractivity contribution in [2.24, 2.45) is 0 Å². The zero-order valence-electron chi connectivity index (χ0n) is 12.4. The van der Waals surface area contributed by atoms with Gasteiger partial charge < -0.3 is 10.1 Å². The molecule has 120 valence electrons. The summed E-state index contributed by atoms with van der Waals surface area (Å²) in [5, 5.41) is 9.56. The van der Waals surface area contributed by atoms with E-state index in [2.05, 4.69) is 15.5 Å². The topological polar surface area (TPSA) is 81.2 Å². The summed E-state index contributed by atoms with van der Waals surface area (Å²) < 4.78 is 19.2. The molecule has 0 unspecified atom stereocenters. The number of methoxy groups -OCH3 is 1. The van der Waals surface area contributed by atoms with Gasteiger partial charge in [0.25, 0.3) is 0 Å². The second-order valence-corrected chi connectivity index (χ2v) is 5.03. The molecule has 0 saturated carbocycles. The number of aromatic nitrogens is 2. The quantitative estimate of drug-likeness (QED) is 0.848. The second-order valence-electron chi connectivity index (χ2n) is 4.67. The minimum absolute atomic E-state index is 0.0624. The van der Waals surface area contributed by atoms with E-state index < -0.39 is 11.7 Å². The number of nitrogens with zero attached hydrogens (tertiary/aromatic N) is 2. The average molecular weight is 338 g/mol. The van der Waals surface area contributed by atoms with Crippen molar-refractivity contribution in [3.63, 3.8) is 0 Å². The predicted octanol–water partition coefficient (Wildman–Crippen LogP) is 2.90. The molecule has 0 aliphatic carbocycles. The predicted molar refractivity (Wildman–Crippen MR) is 84.1 cm³/mol. The smallest absolute Gasteiger partial charge is 0.248 e. The second kappa shape index (κ2) is 7.15. The van der Waals surface area contributed by atoms with Gasteiger partial charge in [-0.2, -0.15) is 0 Å². The van der Waals surface area contributed by atoms with Crippen molar-refractivity contribution in [3.8, 4) is 5.75 Å². The first-order chi connectivity index (χ1) is 10.9. The zero-order valence-corrected chi connectivity index (χ0v) is 13.1. The van der Waals surface area contributed by atoms with Crippen molar-refractivity contribution in [3.05, 3.63) is 35.3 Å². The fourth-order valence-corrected chi connectivity index (χ4v) is 1.99. The third-order valence-corrected chi connectivity index (χ3v) is 3.15. The summed E-state index contributed by atoms with van der Waals surface area (Å²) >= 11 is 5.61. The maximum absolute atomic E-state index is 14.0. The zero-order chi connectivity index (χ0) is 17.0. The molecule has 0 aliphatic rings. The highest BCUT2D eigenvalue weighted by Gasteiger charge is 2.14. The number of benzene rings is 1. The van der Waals surface area contributed by atoms with Crippen LogP contribution in [0.5, 0.6) is 5.75 Å². The standard InChI is InChI=1S/C15H13ClFN3O3/c1-8(21)4-3-5-13(22)18-11-6-9-10(7-12(11)23-2)19-20-15(16)14(9)17/h3,5-7H,4H2,1-2H3,(H,18,22)/b5-3+. The Morgan fingerprint density at radius 3 is 2.78 bits per heavy atom. The van der Waals surface area contributed by atoms with E-state index in [-0.39, 0.29) is 33.9 Å². The molecule has 0 fully saturated rings. The number of rotatable bonds is 5. The summed E-state index contributed by atoms with van der Waals surface area (Å²) in [6, 6.07) is 2.80. The number of ketones is 1. The van der Waals surface area contributed by atoms with Gasteiger partial charge in [0.1, 0.15) is 11.5 Å². The molecule has 0 radical (unpaired) electrons. The number of nitrogens with one attached hydrogen (secondary N) is 1. The molecule has 0 spiro atoms. The molecule has 1 heterocycles. The SMILES string of the molecule is COc1cc2nnc(Cl)c(F)c2cc1NC(=O)/C=C/CC(C)=O. The molecule has 0 aliphatic heterocycles. The Labute approximate surface area is 136 Å². The molecular weight excluding hydrogens is 325 g/mol. The highest BCUT2D eigenvalue weighted by Crippen LogP contribution is 2.31.